The first kappa shape index (κ1) is 80.1. The van der Waals surface area contributed by atoms with Crippen molar-refractivity contribution in [1.82, 2.24) is 0 Å². The van der Waals surface area contributed by atoms with E-state index >= 15 is 0 Å². The van der Waals surface area contributed by atoms with Crippen molar-refractivity contribution in [1.29, 1.82) is 0 Å². The number of hydrogen-bond donors (Lipinski definition) is 0. The molecule has 0 amide bonds. The molecule has 0 radical (unpaired) electrons. The average Bonchev–Trinajstić information content (AvgIpc) is 3.59. The van der Waals surface area contributed by atoms with Gasteiger partial charge in [0.2, 0.25) is 0 Å². The first-order valence-electron chi connectivity index (χ1n) is 30.3. The first-order valence-corrected chi connectivity index (χ1v) is 37.9. The lowest BCUT2D eigenvalue weighted by Crippen LogP contribution is -2.54. The molecule has 0 spiro atoms. The summed E-state index contributed by atoms with van der Waals surface area (Å²) in [5.74, 6) is 0. The second-order valence-corrected chi connectivity index (χ2v) is 31.4. The zero-order valence-corrected chi connectivity index (χ0v) is 58.5. The van der Waals surface area contributed by atoms with Crippen LogP contribution in [0.15, 0.2) is 0 Å². The van der Waals surface area contributed by atoms with Gasteiger partial charge in [-0.25, -0.2) is 0 Å². The van der Waals surface area contributed by atoms with Gasteiger partial charge in [-0.15, -0.1) is 27.7 Å². The molecule has 0 saturated heterocycles. The maximum Gasteiger partial charge on any atom is 0.501 e. The van der Waals surface area contributed by atoms with Gasteiger partial charge in [0.25, 0.3) is 0 Å². The molecule has 81 heavy (non-hydrogen) atoms. The molecule has 1 aliphatic rings. The lowest BCUT2D eigenvalue weighted by molar-refractivity contribution is -0.0212. The summed E-state index contributed by atoms with van der Waals surface area (Å²) in [7, 11) is 1.43. The van der Waals surface area contributed by atoms with Gasteiger partial charge in [0, 0.05) is 113 Å². The molecule has 1 fully saturated rings. The van der Waals surface area contributed by atoms with E-state index in [-0.39, 0.29) is 15.5 Å². The van der Waals surface area contributed by atoms with Crippen molar-refractivity contribution >= 4 is 54.1 Å². The Hall–Kier alpha value is 1.10. The predicted octanol–water partition coefficient (Wildman–Crippen LogP) is 7.53. The minimum absolute atomic E-state index is 0.225. The van der Waals surface area contributed by atoms with E-state index < -0.39 is 26.4 Å². The molecule has 3 atom stereocenters. The topological polar surface area (TPSA) is 194 Å². The van der Waals surface area contributed by atoms with Gasteiger partial charge in [-0.05, 0) is 101 Å². The Morgan fingerprint density at radius 2 is 0.383 bits per heavy atom. The van der Waals surface area contributed by atoms with Gasteiger partial charge in [-0.2, -0.15) is 0 Å². The van der Waals surface area contributed by atoms with Crippen LogP contribution in [0.3, 0.4) is 0 Å². The van der Waals surface area contributed by atoms with Gasteiger partial charge in [-0.3, -0.25) is 0 Å². The zero-order valence-electron chi connectivity index (χ0n) is 52.0. The van der Waals surface area contributed by atoms with Crippen molar-refractivity contribution in [3.05, 3.63) is 0 Å². The van der Waals surface area contributed by atoms with Crippen molar-refractivity contribution in [2.75, 3.05) is 218 Å². The van der Waals surface area contributed by atoms with E-state index in [2.05, 4.69) is 27.7 Å². The molecule has 27 heteroatoms. The summed E-state index contributed by atoms with van der Waals surface area (Å²) in [5.41, 5.74) is 0. The van der Waals surface area contributed by atoms with Crippen LogP contribution in [0.25, 0.3) is 0 Å². The second kappa shape index (κ2) is 51.9. The Labute approximate surface area is 501 Å². The van der Waals surface area contributed by atoms with Gasteiger partial charge in [0.05, 0.1) is 139 Å². The Morgan fingerprint density at radius 1 is 0.235 bits per heavy atom. The average molecular weight is 1280 g/mol. The Kier molecular flexibility index (Phi) is 51.4. The third-order valence-corrected chi connectivity index (χ3v) is 23.4. The van der Waals surface area contributed by atoms with Crippen molar-refractivity contribution in [3.63, 3.8) is 0 Å². The summed E-state index contributed by atoms with van der Waals surface area (Å²) in [5, 5.41) is -0.676. The molecule has 0 aromatic carbocycles. The SMILES string of the molecule is CCO[Si](CCCOCCOCCOCCOCC1(P)CC(P)(COCCOCCOCCOCCC[Si](OCC)(OCC)OCC)CC(P)(COCCOCCOCCOCCC[Si](OCC)(OCC)OCC)C1)(OCC)OCC. The van der Waals surface area contributed by atoms with E-state index in [1.807, 2.05) is 62.3 Å². The smallest absolute Gasteiger partial charge is 0.379 e. The molecular formula is C54H117O21P3Si3. The van der Waals surface area contributed by atoms with Crippen molar-refractivity contribution < 1.29 is 96.7 Å². The van der Waals surface area contributed by atoms with E-state index in [1.54, 1.807) is 0 Å². The summed E-state index contributed by atoms with van der Waals surface area (Å²) in [4.78, 5) is 0. The number of rotatable bonds is 63. The van der Waals surface area contributed by atoms with Gasteiger partial charge in [0.1, 0.15) is 0 Å². The van der Waals surface area contributed by atoms with Crippen LogP contribution in [-0.4, -0.2) is 260 Å². The second-order valence-electron chi connectivity index (χ2n) is 19.5. The Bertz CT molecular complexity index is 1190. The highest BCUT2D eigenvalue weighted by Crippen LogP contribution is 2.53. The maximum atomic E-state index is 6.30. The maximum absolute atomic E-state index is 6.30. The van der Waals surface area contributed by atoms with Crippen LogP contribution >= 0.6 is 27.7 Å². The van der Waals surface area contributed by atoms with Crippen LogP contribution in [-0.2, 0) is 96.7 Å². The molecular weight excluding hydrogens is 1160 g/mol. The lowest BCUT2D eigenvalue weighted by Gasteiger charge is -2.52. The molecule has 0 aliphatic heterocycles. The van der Waals surface area contributed by atoms with Crippen LogP contribution in [0, 0.1) is 0 Å². The Morgan fingerprint density at radius 3 is 0.543 bits per heavy atom. The Balaban J connectivity index is 2.51. The molecule has 1 saturated carbocycles. The molecule has 21 nitrogen and oxygen atoms in total. The van der Waals surface area contributed by atoms with Crippen LogP contribution in [0.4, 0.5) is 0 Å². The first-order chi connectivity index (χ1) is 39.3. The monoisotopic (exact) mass is 1280 g/mol. The molecule has 0 heterocycles. The molecule has 1 aliphatic carbocycles. The highest BCUT2D eigenvalue weighted by molar-refractivity contribution is 7.22. The van der Waals surface area contributed by atoms with Crippen molar-refractivity contribution in [2.45, 2.75) is 134 Å². The van der Waals surface area contributed by atoms with Gasteiger partial charge in [0.15, 0.2) is 0 Å². The molecule has 0 aromatic rings. The van der Waals surface area contributed by atoms with Crippen molar-refractivity contribution in [2.24, 2.45) is 0 Å². The van der Waals surface area contributed by atoms with E-state index in [0.29, 0.717) is 218 Å². The summed E-state index contributed by atoms with van der Waals surface area (Å²) in [6.07, 6.45) is 5.02. The molecule has 0 N–H and O–H groups in total. The van der Waals surface area contributed by atoms with Crippen LogP contribution in [0.1, 0.15) is 101 Å². The van der Waals surface area contributed by atoms with Crippen LogP contribution in [0.2, 0.25) is 18.1 Å². The summed E-state index contributed by atoms with van der Waals surface area (Å²) in [6.45, 7) is 34.9. The minimum atomic E-state index is -2.65. The highest BCUT2D eigenvalue weighted by Gasteiger charge is 2.50. The fourth-order valence-electron chi connectivity index (χ4n) is 9.58. The molecule has 3 unspecified atom stereocenters. The van der Waals surface area contributed by atoms with Crippen LogP contribution < -0.4 is 0 Å². The van der Waals surface area contributed by atoms with Gasteiger partial charge in [-0.1, -0.05) is 0 Å². The van der Waals surface area contributed by atoms with Gasteiger partial charge < -0.3 is 96.7 Å². The zero-order chi connectivity index (χ0) is 59.5. The van der Waals surface area contributed by atoms with E-state index in [9.17, 15) is 0 Å². The summed E-state index contributed by atoms with van der Waals surface area (Å²) < 4.78 is 124. The lowest BCUT2D eigenvalue weighted by atomic mass is 9.73. The normalized spacial score (nSPS) is 19.1. The molecule has 1 rings (SSSR count). The van der Waals surface area contributed by atoms with E-state index in [0.717, 1.165) is 56.7 Å². The third-order valence-electron chi connectivity index (χ3n) is 12.2. The fraction of sp³-hybridized carbons (Fsp3) is 1.00. The highest BCUT2D eigenvalue weighted by atomic mass is 31.0. The van der Waals surface area contributed by atoms with Crippen molar-refractivity contribution in [3.8, 4) is 0 Å². The van der Waals surface area contributed by atoms with Gasteiger partial charge >= 0.3 is 26.4 Å². The van der Waals surface area contributed by atoms with E-state index in [1.165, 1.54) is 0 Å². The molecule has 486 valence electrons. The fourth-order valence-corrected chi connectivity index (χ4v) is 20.8. The largest absolute Gasteiger partial charge is 0.501 e. The number of ether oxygens (including phenoxy) is 12. The minimum Gasteiger partial charge on any atom is -0.379 e. The summed E-state index contributed by atoms with van der Waals surface area (Å²) >= 11 is 0. The predicted molar refractivity (Wildman–Crippen MR) is 331 cm³/mol. The standard InChI is InChI=1S/C54H117O21P3Si3/c1-10-67-79(68-11-2,69-12-3)43-19-22-55-25-28-58-31-34-61-37-40-64-49-52(76)46-53(77,50-65-41-38-62-35-32-59-29-26-56-23-20-44-80(70-13-4,71-14-5)72-15-6)48-54(78,47-52)51-66-42-39-63-36-33-60-30-27-57-24-21-45-81(73-16-7,74-17-8)75-18-9/h10-51,76-78H2,1-9H3. The third kappa shape index (κ3) is 40.4. The quantitative estimate of drug-likeness (QED) is 0.0329. The molecule has 0 bridgehead atoms. The molecule has 0 aromatic heterocycles. The van der Waals surface area contributed by atoms with E-state index in [4.69, 9.17) is 96.7 Å². The summed E-state index contributed by atoms with van der Waals surface area (Å²) in [6, 6.07) is 2.19. The number of hydrogen-bond acceptors (Lipinski definition) is 21. The van der Waals surface area contributed by atoms with Crippen LogP contribution in [0.5, 0.6) is 0 Å².